The van der Waals surface area contributed by atoms with Gasteiger partial charge in [-0.05, 0) is 0 Å². The van der Waals surface area contributed by atoms with Gasteiger partial charge in [0.05, 0.1) is 0 Å². The third kappa shape index (κ3) is 53.6. The molecule has 0 saturated carbocycles. The van der Waals surface area contributed by atoms with Crippen molar-refractivity contribution in [2.45, 2.75) is 0 Å². The van der Waals surface area contributed by atoms with Crippen LogP contribution in [-0.4, -0.2) is 13.8 Å². The van der Waals surface area contributed by atoms with Gasteiger partial charge >= 0.3 is 40.4 Å². The van der Waals surface area contributed by atoms with Gasteiger partial charge in [0.25, 0.3) is 0 Å². The molecule has 6 heavy (non-hydrogen) atoms. The fraction of sp³-hybridized carbons (Fsp3) is 0. The normalized spacial score (nSPS) is 10.0. The summed E-state index contributed by atoms with van der Waals surface area (Å²) < 4.78 is 0. The van der Waals surface area contributed by atoms with Gasteiger partial charge in [0, 0.05) is 0 Å². The molecule has 0 radical (unpaired) electrons. The Bertz CT molecular complexity index is 23.0. The quantitative estimate of drug-likeness (QED) is 0.431. The predicted octanol–water partition coefficient (Wildman–Crippen LogP) is -4.50. The van der Waals surface area contributed by atoms with Gasteiger partial charge in [-0.15, -0.1) is 9.05 Å². The molecule has 0 aromatic heterocycles. The van der Waals surface area contributed by atoms with E-state index in [2.05, 4.69) is 0 Å². The van der Waals surface area contributed by atoms with Crippen LogP contribution in [0.3, 0.4) is 0 Å². The molecule has 0 atom stereocenters. The molecule has 0 bridgehead atoms. The molecule has 0 saturated heterocycles. The number of hydrogen-bond donors (Lipinski definition) is 1. The average molecular weight is 238 g/mol. The molecular weight excluding hydrogens is 237 g/mol. The van der Waals surface area contributed by atoms with Crippen molar-refractivity contribution in [3.8, 4) is 0 Å². The second-order valence-corrected chi connectivity index (χ2v) is 1.57. The second-order valence-electron chi connectivity index (χ2n) is 0.524. The van der Waals surface area contributed by atoms with Crippen LogP contribution < -0.4 is 14.4 Å². The molecule has 0 fully saturated rings. The van der Waals surface area contributed by atoms with E-state index in [0.29, 0.717) is 0 Å². The van der Waals surface area contributed by atoms with Crippen molar-refractivity contribution in [1.82, 2.24) is 0 Å². The van der Waals surface area contributed by atoms with Crippen molar-refractivity contribution in [1.29, 1.82) is 0 Å². The summed E-state index contributed by atoms with van der Waals surface area (Å²) in [6.07, 6.45) is 0. The molecule has 0 spiro atoms. The molecular formula is HO4PmSi. The van der Waals surface area contributed by atoms with Crippen LogP contribution in [0.1, 0.15) is 0 Å². The van der Waals surface area contributed by atoms with E-state index >= 15 is 0 Å². The van der Waals surface area contributed by atoms with Gasteiger partial charge in [-0.3, -0.25) is 0 Å². The van der Waals surface area contributed by atoms with Crippen LogP contribution in [0.15, 0.2) is 0 Å². The first-order valence-corrected chi connectivity index (χ1v) is 2.51. The summed E-state index contributed by atoms with van der Waals surface area (Å²) in [4.78, 5) is 33.1. The summed E-state index contributed by atoms with van der Waals surface area (Å²) in [6.45, 7) is 0. The Morgan fingerprint density at radius 1 is 1.17 bits per heavy atom. The van der Waals surface area contributed by atoms with E-state index in [9.17, 15) is 0 Å². The molecule has 0 rings (SSSR count). The van der Waals surface area contributed by atoms with Gasteiger partial charge in [0.1, 0.15) is 0 Å². The van der Waals surface area contributed by atoms with Crippen molar-refractivity contribution in [3.63, 3.8) is 0 Å². The van der Waals surface area contributed by atoms with Crippen molar-refractivity contribution >= 4 is 9.05 Å². The minimum Gasteiger partial charge on any atom is -0.861 e. The maximum absolute atomic E-state index is 8.69. The van der Waals surface area contributed by atoms with Gasteiger partial charge in [0.15, 0.2) is 0 Å². The molecule has 0 aliphatic carbocycles. The smallest absolute Gasteiger partial charge is 0.861 e. The summed E-state index contributed by atoms with van der Waals surface area (Å²) in [5.41, 5.74) is 0. The average Bonchev–Trinajstić information content (AvgIpc) is 0.722. The Morgan fingerprint density at radius 3 is 1.17 bits per heavy atom. The van der Waals surface area contributed by atoms with Gasteiger partial charge in [-0.2, -0.15) is 0 Å². The van der Waals surface area contributed by atoms with E-state index in [1.807, 2.05) is 0 Å². The van der Waals surface area contributed by atoms with Crippen molar-refractivity contribution in [2.24, 2.45) is 0 Å². The van der Waals surface area contributed by atoms with Gasteiger partial charge < -0.3 is 19.2 Å². The third-order valence-corrected chi connectivity index (χ3v) is 0. The van der Waals surface area contributed by atoms with Gasteiger partial charge in [0.2, 0.25) is 0 Å². The SMILES string of the molecule is [O-][Si]([O-])([O-])O.[Pm+3]. The second kappa shape index (κ2) is 3.40. The zero-order valence-corrected chi connectivity index (χ0v) is 6.49. The minimum absolute atomic E-state index is 0. The fourth-order valence-corrected chi connectivity index (χ4v) is 0. The molecule has 0 aromatic carbocycles. The third-order valence-electron chi connectivity index (χ3n) is 0. The maximum atomic E-state index is 8.69. The van der Waals surface area contributed by atoms with Gasteiger partial charge in [-0.1, -0.05) is 0 Å². The molecule has 0 heterocycles. The minimum atomic E-state index is -5.36. The maximum Gasteiger partial charge on any atom is 3.00 e. The van der Waals surface area contributed by atoms with E-state index in [-0.39, 0.29) is 40.4 Å². The summed E-state index contributed by atoms with van der Waals surface area (Å²) >= 11 is 0. The monoisotopic (exact) mass is 238 g/mol. The van der Waals surface area contributed by atoms with E-state index in [1.165, 1.54) is 0 Å². The molecule has 0 unspecified atom stereocenters. The fourth-order valence-electron chi connectivity index (χ4n) is 0. The van der Waals surface area contributed by atoms with Crippen molar-refractivity contribution in [3.05, 3.63) is 0 Å². The van der Waals surface area contributed by atoms with Crippen LogP contribution in [0, 0.1) is 40.4 Å². The first-order valence-electron chi connectivity index (χ1n) is 0.836. The first kappa shape index (κ1) is 10.4. The van der Waals surface area contributed by atoms with Crippen LogP contribution in [0.4, 0.5) is 0 Å². The van der Waals surface area contributed by atoms with Crippen LogP contribution >= 0.6 is 0 Å². The zero-order valence-electron chi connectivity index (χ0n) is 2.62. The molecule has 0 amide bonds. The van der Waals surface area contributed by atoms with Crippen molar-refractivity contribution in [2.75, 3.05) is 0 Å². The summed E-state index contributed by atoms with van der Waals surface area (Å²) in [6, 6.07) is 0. The van der Waals surface area contributed by atoms with Crippen LogP contribution in [0.25, 0.3) is 0 Å². The van der Waals surface area contributed by atoms with Crippen LogP contribution in [-0.2, 0) is 0 Å². The molecule has 0 aliphatic heterocycles. The zero-order chi connectivity index (χ0) is 4.50. The standard InChI is InChI=1S/HO4Si.Pm/c1-5(2,3)4;/h1H;/q-3;+3. The summed E-state index contributed by atoms with van der Waals surface area (Å²) in [5.74, 6) is 0. The Labute approximate surface area is 68.0 Å². The van der Waals surface area contributed by atoms with E-state index in [4.69, 9.17) is 19.2 Å². The first-order chi connectivity index (χ1) is 2.00. The molecule has 6 heteroatoms. The summed E-state index contributed by atoms with van der Waals surface area (Å²) in [7, 11) is -5.36. The molecule has 1 N–H and O–H groups in total. The van der Waals surface area contributed by atoms with E-state index < -0.39 is 9.05 Å². The number of hydrogen-bond acceptors (Lipinski definition) is 4. The summed E-state index contributed by atoms with van der Waals surface area (Å²) in [5, 5.41) is 0. The van der Waals surface area contributed by atoms with E-state index in [1.54, 1.807) is 0 Å². The molecule has 34 valence electrons. The molecule has 0 aliphatic rings. The van der Waals surface area contributed by atoms with Crippen molar-refractivity contribution < 1.29 is 59.6 Å². The topological polar surface area (TPSA) is 89.4 Å². The Kier molecular flexibility index (Phi) is 5.89. The van der Waals surface area contributed by atoms with Crippen LogP contribution in [0.2, 0.25) is 0 Å². The van der Waals surface area contributed by atoms with Gasteiger partial charge in [-0.25, -0.2) is 0 Å². The molecule has 0 aromatic rings. The Hall–Kier alpha value is 1.39. The number of rotatable bonds is 0. The predicted molar refractivity (Wildman–Crippen MR) is 7.97 cm³/mol. The largest absolute Gasteiger partial charge is 3.00 e. The van der Waals surface area contributed by atoms with Crippen LogP contribution in [0.5, 0.6) is 0 Å². The Balaban J connectivity index is 0. The van der Waals surface area contributed by atoms with E-state index in [0.717, 1.165) is 0 Å². The Morgan fingerprint density at radius 2 is 1.17 bits per heavy atom. The molecule has 4 nitrogen and oxygen atoms in total.